The molecule has 0 bridgehead atoms. The summed E-state index contributed by atoms with van der Waals surface area (Å²) in [7, 11) is -8.07. The Balaban J connectivity index is 2.92. The lowest BCUT2D eigenvalue weighted by atomic mass is 9.93. The van der Waals surface area contributed by atoms with Gasteiger partial charge in [0.15, 0.2) is 0 Å². The summed E-state index contributed by atoms with van der Waals surface area (Å²) >= 11 is 6.95. The molecule has 2 aromatic rings. The topological polar surface area (TPSA) is 74.8 Å². The maximum absolute atomic E-state index is 14.5. The number of nitrogens with zero attached hydrogens (tertiary/aromatic N) is 2. The first-order valence-corrected chi connectivity index (χ1v) is 18.7. The number of benzene rings is 2. The normalized spacial score (nSPS) is 14.2. The van der Waals surface area contributed by atoms with Gasteiger partial charge in [0.2, 0.25) is 20.0 Å². The first kappa shape index (κ1) is 37.4. The third kappa shape index (κ3) is 10.7. The van der Waals surface area contributed by atoms with Crippen molar-refractivity contribution in [3.63, 3.8) is 0 Å². The van der Waals surface area contributed by atoms with Crippen LogP contribution in [0, 0.1) is 21.7 Å². The Morgan fingerprint density at radius 3 is 0.952 bits per heavy atom. The molecule has 0 amide bonds. The van der Waals surface area contributed by atoms with Crippen molar-refractivity contribution in [1.82, 2.24) is 8.61 Å². The summed E-state index contributed by atoms with van der Waals surface area (Å²) in [5, 5.41) is 0. The summed E-state index contributed by atoms with van der Waals surface area (Å²) in [5.74, 6) is 0. The molecule has 0 aromatic heterocycles. The first-order chi connectivity index (χ1) is 18.6. The Morgan fingerprint density at radius 2 is 0.738 bits per heavy atom. The molecule has 0 saturated carbocycles. The SMILES string of the molecule is CC(C)(C)CN(CC(C)(C)C)S(=O)(=O)c1cc(Br)ccc1-c1ccc(Br)cc1S(=O)(=O)N(CC(C)(C)C)CC(C)(C)C. The van der Waals surface area contributed by atoms with E-state index in [-0.39, 0.29) is 31.5 Å². The highest BCUT2D eigenvalue weighted by atomic mass is 79.9. The molecule has 0 radical (unpaired) electrons. The molecular weight excluding hydrogens is 700 g/mol. The molecule has 0 fully saturated rings. The average Bonchev–Trinajstić information content (AvgIpc) is 2.74. The summed E-state index contributed by atoms with van der Waals surface area (Å²) in [6, 6.07) is 10.1. The van der Waals surface area contributed by atoms with Crippen LogP contribution in [0.15, 0.2) is 55.1 Å². The van der Waals surface area contributed by atoms with Gasteiger partial charge in [-0.05, 0) is 45.9 Å². The van der Waals surface area contributed by atoms with Crippen LogP contribution in [0.1, 0.15) is 83.1 Å². The minimum absolute atomic E-state index is 0.0716. The molecule has 2 aromatic carbocycles. The van der Waals surface area contributed by atoms with Gasteiger partial charge in [-0.25, -0.2) is 16.8 Å². The number of rotatable bonds is 9. The minimum atomic E-state index is -4.04. The zero-order valence-corrected chi connectivity index (χ0v) is 32.2. The lowest BCUT2D eigenvalue weighted by molar-refractivity contribution is 0.222. The van der Waals surface area contributed by atoms with E-state index in [1.165, 1.54) is 8.61 Å². The van der Waals surface area contributed by atoms with Gasteiger partial charge in [-0.15, -0.1) is 0 Å². The summed E-state index contributed by atoms with van der Waals surface area (Å²) < 4.78 is 62.3. The van der Waals surface area contributed by atoms with Gasteiger partial charge in [0, 0.05) is 46.3 Å². The second kappa shape index (κ2) is 12.9. The average molecular weight is 751 g/mol. The van der Waals surface area contributed by atoms with E-state index < -0.39 is 20.0 Å². The van der Waals surface area contributed by atoms with E-state index in [1.54, 1.807) is 36.4 Å². The molecule has 0 N–H and O–H groups in total. The third-order valence-corrected chi connectivity index (χ3v) is 10.7. The van der Waals surface area contributed by atoms with Gasteiger partial charge in [0.05, 0.1) is 9.79 Å². The highest BCUT2D eigenvalue weighted by Gasteiger charge is 2.37. The van der Waals surface area contributed by atoms with Crippen LogP contribution >= 0.6 is 31.9 Å². The monoisotopic (exact) mass is 748 g/mol. The van der Waals surface area contributed by atoms with Crippen LogP contribution in [0.3, 0.4) is 0 Å². The van der Waals surface area contributed by atoms with E-state index in [0.29, 0.717) is 46.3 Å². The Morgan fingerprint density at radius 1 is 0.500 bits per heavy atom. The molecule has 0 aliphatic carbocycles. The van der Waals surface area contributed by atoms with Gasteiger partial charge in [0.1, 0.15) is 0 Å². The van der Waals surface area contributed by atoms with Crippen LogP contribution in [-0.4, -0.2) is 51.6 Å². The molecule has 2 rings (SSSR count). The van der Waals surface area contributed by atoms with Gasteiger partial charge in [0.25, 0.3) is 0 Å². The summed E-state index contributed by atoms with van der Waals surface area (Å²) in [6.45, 7) is 25.4. The fourth-order valence-corrected chi connectivity index (χ4v) is 9.98. The van der Waals surface area contributed by atoms with Gasteiger partial charge in [-0.3, -0.25) is 0 Å². The van der Waals surface area contributed by atoms with E-state index in [1.807, 2.05) is 83.1 Å². The molecule has 10 heteroatoms. The highest BCUT2D eigenvalue weighted by Crippen LogP contribution is 2.40. The lowest BCUT2D eigenvalue weighted by Gasteiger charge is -2.35. The van der Waals surface area contributed by atoms with E-state index in [2.05, 4.69) is 31.9 Å². The van der Waals surface area contributed by atoms with Crippen molar-refractivity contribution in [2.75, 3.05) is 26.2 Å². The largest absolute Gasteiger partial charge is 0.243 e. The molecule has 0 aliphatic heterocycles. The highest BCUT2D eigenvalue weighted by molar-refractivity contribution is 9.10. The maximum Gasteiger partial charge on any atom is 0.243 e. The molecule has 0 atom stereocenters. The molecule has 6 nitrogen and oxygen atoms in total. The molecule has 0 spiro atoms. The Hall–Kier alpha value is -0.780. The zero-order valence-electron chi connectivity index (χ0n) is 27.4. The summed E-state index contributed by atoms with van der Waals surface area (Å²) in [4.78, 5) is 0.143. The minimum Gasteiger partial charge on any atom is -0.207 e. The molecule has 0 heterocycles. The van der Waals surface area contributed by atoms with Crippen molar-refractivity contribution in [1.29, 1.82) is 0 Å². The van der Waals surface area contributed by atoms with Crippen molar-refractivity contribution in [2.45, 2.75) is 92.9 Å². The smallest absolute Gasteiger partial charge is 0.207 e. The Kier molecular flexibility index (Phi) is 11.5. The van der Waals surface area contributed by atoms with Crippen molar-refractivity contribution in [2.24, 2.45) is 21.7 Å². The van der Waals surface area contributed by atoms with E-state index in [0.717, 1.165) is 0 Å². The van der Waals surface area contributed by atoms with E-state index in [4.69, 9.17) is 0 Å². The van der Waals surface area contributed by atoms with Gasteiger partial charge < -0.3 is 0 Å². The standard InChI is InChI=1S/C32H50Br2N2O4S2/c1-29(2,3)19-35(20-30(4,5)6)41(37,38)27-17-23(33)13-15-25(27)26-16-14-24(34)18-28(26)42(39,40)36(21-31(7,8)9)22-32(10,11)12/h13-18H,19-22H2,1-12H3. The second-order valence-electron chi connectivity index (χ2n) is 16.1. The Bertz CT molecular complexity index is 1330. The van der Waals surface area contributed by atoms with E-state index >= 15 is 0 Å². The van der Waals surface area contributed by atoms with Crippen LogP contribution in [-0.2, 0) is 20.0 Å². The summed E-state index contributed by atoms with van der Waals surface area (Å²) in [5.41, 5.74) is -0.477. The fourth-order valence-electron chi connectivity index (χ4n) is 4.71. The number of sulfonamides is 2. The lowest BCUT2D eigenvalue weighted by Crippen LogP contribution is -2.43. The molecular formula is C32H50Br2N2O4S2. The maximum atomic E-state index is 14.5. The van der Waals surface area contributed by atoms with Gasteiger partial charge in [-0.1, -0.05) is 127 Å². The van der Waals surface area contributed by atoms with Crippen molar-refractivity contribution in [3.05, 3.63) is 45.3 Å². The quantitative estimate of drug-likeness (QED) is 0.257. The first-order valence-electron chi connectivity index (χ1n) is 14.2. The predicted octanol–water partition coefficient (Wildman–Crippen LogP) is 9.04. The number of halogens is 2. The van der Waals surface area contributed by atoms with Crippen LogP contribution < -0.4 is 0 Å². The molecule has 0 aliphatic rings. The fraction of sp³-hybridized carbons (Fsp3) is 0.625. The predicted molar refractivity (Wildman–Crippen MR) is 183 cm³/mol. The zero-order chi connectivity index (χ0) is 32.7. The van der Waals surface area contributed by atoms with Crippen molar-refractivity contribution in [3.8, 4) is 11.1 Å². The number of hydrogen-bond donors (Lipinski definition) is 0. The van der Waals surface area contributed by atoms with Crippen molar-refractivity contribution < 1.29 is 16.8 Å². The van der Waals surface area contributed by atoms with E-state index in [9.17, 15) is 16.8 Å². The van der Waals surface area contributed by atoms with Gasteiger partial charge >= 0.3 is 0 Å². The molecule has 238 valence electrons. The van der Waals surface area contributed by atoms with Crippen LogP contribution in [0.5, 0.6) is 0 Å². The molecule has 42 heavy (non-hydrogen) atoms. The van der Waals surface area contributed by atoms with Gasteiger partial charge in [-0.2, -0.15) is 8.61 Å². The van der Waals surface area contributed by atoms with Crippen LogP contribution in [0.4, 0.5) is 0 Å². The molecule has 0 unspecified atom stereocenters. The van der Waals surface area contributed by atoms with Crippen LogP contribution in [0.25, 0.3) is 11.1 Å². The van der Waals surface area contributed by atoms with Crippen molar-refractivity contribution >= 4 is 51.9 Å². The van der Waals surface area contributed by atoms with Crippen LogP contribution in [0.2, 0.25) is 0 Å². The Labute approximate surface area is 273 Å². The second-order valence-corrected chi connectivity index (χ2v) is 21.7. The molecule has 0 saturated heterocycles. The summed E-state index contributed by atoms with van der Waals surface area (Å²) in [6.07, 6.45) is 0. The number of hydrogen-bond acceptors (Lipinski definition) is 4. The third-order valence-electron chi connectivity index (χ3n) is 6.02.